The average molecular weight is 1060 g/mol. The number of carbonyl (C=O) groups is 4. The summed E-state index contributed by atoms with van der Waals surface area (Å²) in [6, 6.07) is 13.2. The molecule has 7 rings (SSSR count). The molecule has 0 radical (unpaired) electrons. The number of rotatable bonds is 28. The number of thiophene rings is 2. The summed E-state index contributed by atoms with van der Waals surface area (Å²) in [7, 11) is 0. The Hall–Kier alpha value is -3.49. The Labute approximate surface area is 419 Å². The summed E-state index contributed by atoms with van der Waals surface area (Å²) >= 11 is 2.63. The molecule has 4 atom stereocenters. The van der Waals surface area contributed by atoms with Crippen molar-refractivity contribution in [1.82, 2.24) is 19.6 Å². The van der Waals surface area contributed by atoms with E-state index in [-0.39, 0.29) is 23.6 Å². The fourth-order valence-corrected chi connectivity index (χ4v) is 16.0. The van der Waals surface area contributed by atoms with E-state index in [1.54, 1.807) is 22.7 Å². The van der Waals surface area contributed by atoms with Gasteiger partial charge in [0.15, 0.2) is 0 Å². The van der Waals surface area contributed by atoms with E-state index in [1.807, 2.05) is 32.0 Å². The van der Waals surface area contributed by atoms with Crippen LogP contribution in [-0.4, -0.2) is 89.8 Å². The van der Waals surface area contributed by atoms with Crippen molar-refractivity contribution in [2.45, 2.75) is 158 Å². The molecule has 4 amide bonds. The predicted molar refractivity (Wildman–Crippen MR) is 280 cm³/mol. The van der Waals surface area contributed by atoms with Gasteiger partial charge in [-0.2, -0.15) is 0 Å². The van der Waals surface area contributed by atoms with Crippen LogP contribution in [0, 0.1) is 23.7 Å². The van der Waals surface area contributed by atoms with Crippen LogP contribution < -0.4 is 0 Å². The summed E-state index contributed by atoms with van der Waals surface area (Å²) in [4.78, 5) is 69.5. The molecule has 0 aromatic carbocycles. The van der Waals surface area contributed by atoms with Crippen molar-refractivity contribution >= 4 is 78.1 Å². The minimum absolute atomic E-state index is 0.0323. The SMILES string of the molecule is CCCCC(CC)CN1C=C2C(=O)N(CC(CC)CCCC)C(c3ccc(-c4ccc(-c5ccc(C6=C7C(=O)N(CC(CC)CCCC)C=C7C(=O)N6CC(CC)CCCC)s5)[te]4)s3)=C2C1=O. The molecule has 67 heavy (non-hydrogen) atoms. The van der Waals surface area contributed by atoms with Crippen molar-refractivity contribution in [3.8, 4) is 16.9 Å². The fourth-order valence-electron chi connectivity index (χ4n) is 10.3. The van der Waals surface area contributed by atoms with Gasteiger partial charge >= 0.3 is 396 Å². The zero-order valence-corrected chi connectivity index (χ0v) is 45.7. The quantitative estimate of drug-likeness (QED) is 0.0679. The van der Waals surface area contributed by atoms with Gasteiger partial charge in [-0.05, 0) is 0 Å². The van der Waals surface area contributed by atoms with Gasteiger partial charge < -0.3 is 0 Å². The van der Waals surface area contributed by atoms with Crippen molar-refractivity contribution in [2.24, 2.45) is 23.7 Å². The Balaban J connectivity index is 1.18. The molecule has 0 spiro atoms. The summed E-state index contributed by atoms with van der Waals surface area (Å²) < 4.78 is 2.67. The topological polar surface area (TPSA) is 81.2 Å². The zero-order valence-electron chi connectivity index (χ0n) is 41.7. The third-order valence-corrected chi connectivity index (χ3v) is 21.1. The van der Waals surface area contributed by atoms with Crippen LogP contribution in [0.25, 0.3) is 28.3 Å². The Morgan fingerprint density at radius 3 is 1.09 bits per heavy atom. The zero-order chi connectivity index (χ0) is 47.8. The summed E-state index contributed by atoms with van der Waals surface area (Å²) in [5.74, 6) is 1.42. The van der Waals surface area contributed by atoms with E-state index in [4.69, 9.17) is 0 Å². The number of hydrogen-bond donors (Lipinski definition) is 0. The van der Waals surface area contributed by atoms with E-state index < -0.39 is 20.4 Å². The van der Waals surface area contributed by atoms with Crippen molar-refractivity contribution in [1.29, 1.82) is 0 Å². The Morgan fingerprint density at radius 2 is 0.761 bits per heavy atom. The molecule has 4 aliphatic heterocycles. The molecule has 7 heterocycles. The van der Waals surface area contributed by atoms with Crippen LogP contribution in [0.3, 0.4) is 0 Å². The first-order valence-electron chi connectivity index (χ1n) is 26.0. The molecule has 0 aliphatic carbocycles. The molecule has 0 saturated carbocycles. The second-order valence-electron chi connectivity index (χ2n) is 19.4. The van der Waals surface area contributed by atoms with E-state index in [0.717, 1.165) is 124 Å². The summed E-state index contributed by atoms with van der Waals surface area (Å²) in [5, 5.41) is 0. The van der Waals surface area contributed by atoms with Crippen LogP contribution in [0.2, 0.25) is 0 Å². The molecule has 0 N–H and O–H groups in total. The monoisotopic (exact) mass is 1060 g/mol. The van der Waals surface area contributed by atoms with E-state index in [1.165, 1.54) is 16.9 Å². The molecule has 0 saturated heterocycles. The van der Waals surface area contributed by atoms with Gasteiger partial charge in [0.05, 0.1) is 0 Å². The maximum absolute atomic E-state index is 14.4. The van der Waals surface area contributed by atoms with E-state index in [2.05, 4.69) is 91.8 Å². The molecule has 362 valence electrons. The van der Waals surface area contributed by atoms with Gasteiger partial charge in [0.2, 0.25) is 0 Å². The average Bonchev–Trinajstić information content (AvgIpc) is 4.22. The molecule has 8 nitrogen and oxygen atoms in total. The number of amides is 4. The minimum atomic E-state index is -0.787. The Morgan fingerprint density at radius 1 is 0.433 bits per heavy atom. The molecule has 3 aromatic rings. The van der Waals surface area contributed by atoms with Crippen LogP contribution in [0.15, 0.2) is 71.1 Å². The Kier molecular flexibility index (Phi) is 18.3. The first-order valence-corrected chi connectivity index (χ1v) is 30.0. The number of hydrogen-bond acceptors (Lipinski definition) is 6. The summed E-state index contributed by atoms with van der Waals surface area (Å²) in [6.07, 6.45) is 21.1. The van der Waals surface area contributed by atoms with E-state index >= 15 is 0 Å². The molecule has 0 bridgehead atoms. The third-order valence-electron chi connectivity index (χ3n) is 14.8. The molecule has 11 heteroatoms. The van der Waals surface area contributed by atoms with Gasteiger partial charge in [-0.1, -0.05) is 26.7 Å². The molecule has 0 fully saturated rings. The number of unbranched alkanes of at least 4 members (excludes halogenated alkanes) is 4. The maximum atomic E-state index is 14.4. The van der Waals surface area contributed by atoms with Gasteiger partial charge in [0, 0.05) is 0 Å². The van der Waals surface area contributed by atoms with Crippen LogP contribution in [0.1, 0.15) is 168 Å². The van der Waals surface area contributed by atoms with Crippen molar-refractivity contribution in [3.05, 3.63) is 80.8 Å². The predicted octanol–water partition coefficient (Wildman–Crippen LogP) is 13.6. The van der Waals surface area contributed by atoms with Gasteiger partial charge in [-0.3, -0.25) is 0 Å². The van der Waals surface area contributed by atoms with Crippen LogP contribution in [-0.2, 0) is 19.2 Å². The van der Waals surface area contributed by atoms with Gasteiger partial charge in [-0.15, -0.1) is 0 Å². The van der Waals surface area contributed by atoms with Crippen LogP contribution >= 0.6 is 22.7 Å². The first kappa shape index (κ1) is 51.4. The van der Waals surface area contributed by atoms with Crippen molar-refractivity contribution in [2.75, 3.05) is 26.2 Å². The van der Waals surface area contributed by atoms with Crippen LogP contribution in [0.4, 0.5) is 0 Å². The van der Waals surface area contributed by atoms with E-state index in [9.17, 15) is 19.2 Å². The Bertz CT molecular complexity index is 2220. The second kappa shape index (κ2) is 23.9. The van der Waals surface area contributed by atoms with Gasteiger partial charge in [0.1, 0.15) is 0 Å². The van der Waals surface area contributed by atoms with E-state index in [0.29, 0.717) is 72.1 Å². The van der Waals surface area contributed by atoms with Crippen molar-refractivity contribution in [3.63, 3.8) is 0 Å². The number of nitrogens with zero attached hydrogens (tertiary/aromatic N) is 4. The molecule has 3 aromatic heterocycles. The van der Waals surface area contributed by atoms with Gasteiger partial charge in [-0.25, -0.2) is 0 Å². The number of fused-ring (bicyclic) bond motifs is 2. The molecule has 4 aliphatic rings. The normalized spacial score (nSPS) is 18.0. The number of carbonyl (C=O) groups excluding carboxylic acids is 4. The molecular weight excluding hydrogens is 984 g/mol. The van der Waals surface area contributed by atoms with Crippen molar-refractivity contribution < 1.29 is 19.2 Å². The standard InChI is InChI=1S/C56H76N4O4S2Te/c1-9-17-21-37(13-5)31-57-35-41-49(55(57)63)51(59(53(41)61)33-39(15-7)23-19-11-3)45-27-25-43(65-45)47-29-30-48(67-47)44-26-28-46(66-44)52-50-42(54(62)60(52)34-40(16-8)24-20-12-4)36-58(56(50)64)32-38(14-6)22-18-10-2/h25-30,35-40H,9-24,31-34H2,1-8H3. The summed E-state index contributed by atoms with van der Waals surface area (Å²) in [5.41, 5.74) is 3.91. The molecule has 4 unspecified atom stereocenters. The van der Waals surface area contributed by atoms with Gasteiger partial charge in [0.25, 0.3) is 0 Å². The van der Waals surface area contributed by atoms with Crippen LogP contribution in [0.5, 0.6) is 0 Å². The summed E-state index contributed by atoms with van der Waals surface area (Å²) in [6.45, 7) is 20.3. The second-order valence-corrected chi connectivity index (χ2v) is 24.7. The molecular formula is C56H76N4O4S2Te. The third kappa shape index (κ3) is 11.1. The first-order chi connectivity index (χ1) is 32.5. The fraction of sp³-hybridized carbons (Fsp3) is 0.571.